The smallest absolute Gasteiger partial charge is 0.416 e. The van der Waals surface area contributed by atoms with Crippen molar-refractivity contribution in [2.75, 3.05) is 12.4 Å². The fourth-order valence-electron chi connectivity index (χ4n) is 3.53. The maximum atomic E-state index is 12.7. The van der Waals surface area contributed by atoms with Gasteiger partial charge in [-0.05, 0) is 37.5 Å². The largest absolute Gasteiger partial charge is 0.506 e. The van der Waals surface area contributed by atoms with Crippen LogP contribution in [0.2, 0.25) is 0 Å². The number of esters is 1. The van der Waals surface area contributed by atoms with Gasteiger partial charge in [0.05, 0.1) is 29.2 Å². The number of hydrogen-bond acceptors (Lipinski definition) is 4. The first kappa shape index (κ1) is 15.6. The highest BCUT2D eigenvalue weighted by Gasteiger charge is 2.75. The summed E-state index contributed by atoms with van der Waals surface area (Å²) in [6, 6.07) is 2.31. The fraction of sp³-hybridized carbons (Fsp3) is 0.467. The molecule has 0 aliphatic heterocycles. The van der Waals surface area contributed by atoms with E-state index in [4.69, 9.17) is 0 Å². The maximum Gasteiger partial charge on any atom is 0.416 e. The lowest BCUT2D eigenvalue weighted by molar-refractivity contribution is -0.220. The molecule has 0 spiro atoms. The Morgan fingerprint density at radius 3 is 2.35 bits per heavy atom. The van der Waals surface area contributed by atoms with Gasteiger partial charge in [-0.3, -0.25) is 9.59 Å². The third kappa shape index (κ3) is 2.24. The minimum Gasteiger partial charge on any atom is -0.506 e. The summed E-state index contributed by atoms with van der Waals surface area (Å²) in [5.41, 5.74) is -2.63. The minimum absolute atomic E-state index is 0.290. The molecule has 3 fully saturated rings. The van der Waals surface area contributed by atoms with Gasteiger partial charge in [-0.1, -0.05) is 0 Å². The Morgan fingerprint density at radius 2 is 1.83 bits per heavy atom. The van der Waals surface area contributed by atoms with Crippen LogP contribution in [0, 0.1) is 10.8 Å². The minimum atomic E-state index is -4.57. The molecule has 4 rings (SSSR count). The molecular formula is C15H14F3NO4. The van der Waals surface area contributed by atoms with Gasteiger partial charge in [-0.25, -0.2) is 0 Å². The van der Waals surface area contributed by atoms with Gasteiger partial charge in [0.2, 0.25) is 5.91 Å². The third-order valence-corrected chi connectivity index (χ3v) is 4.70. The van der Waals surface area contributed by atoms with E-state index in [0.29, 0.717) is 25.3 Å². The quantitative estimate of drug-likeness (QED) is 0.660. The molecule has 0 unspecified atom stereocenters. The van der Waals surface area contributed by atoms with Crippen molar-refractivity contribution in [2.24, 2.45) is 10.8 Å². The highest BCUT2D eigenvalue weighted by Crippen LogP contribution is 2.74. The van der Waals surface area contributed by atoms with Crippen LogP contribution in [-0.4, -0.2) is 24.1 Å². The van der Waals surface area contributed by atoms with Crippen LogP contribution in [-0.2, 0) is 20.5 Å². The van der Waals surface area contributed by atoms with Gasteiger partial charge in [0.1, 0.15) is 5.75 Å². The maximum absolute atomic E-state index is 12.7. The summed E-state index contributed by atoms with van der Waals surface area (Å²) in [4.78, 5) is 23.8. The second kappa shape index (κ2) is 4.62. The van der Waals surface area contributed by atoms with Gasteiger partial charge in [-0.15, -0.1) is 0 Å². The van der Waals surface area contributed by atoms with Crippen LogP contribution < -0.4 is 5.32 Å². The monoisotopic (exact) mass is 329 g/mol. The highest BCUT2D eigenvalue weighted by atomic mass is 19.4. The first-order valence-corrected chi connectivity index (χ1v) is 6.92. The van der Waals surface area contributed by atoms with Crippen molar-refractivity contribution in [3.05, 3.63) is 23.8 Å². The van der Waals surface area contributed by atoms with E-state index in [9.17, 15) is 27.9 Å². The number of aromatic hydroxyl groups is 1. The number of alkyl halides is 3. The van der Waals surface area contributed by atoms with E-state index >= 15 is 0 Å². The Hall–Kier alpha value is -2.25. The molecule has 23 heavy (non-hydrogen) atoms. The summed E-state index contributed by atoms with van der Waals surface area (Å²) in [6.45, 7) is 0. The molecule has 8 heteroatoms. The first-order valence-electron chi connectivity index (χ1n) is 6.92. The molecule has 1 aromatic rings. The molecule has 3 saturated carbocycles. The van der Waals surface area contributed by atoms with Crippen molar-refractivity contribution >= 4 is 17.6 Å². The molecule has 1 aromatic carbocycles. The average molecular weight is 329 g/mol. The zero-order valence-corrected chi connectivity index (χ0v) is 12.2. The van der Waals surface area contributed by atoms with Crippen molar-refractivity contribution in [3.63, 3.8) is 0 Å². The van der Waals surface area contributed by atoms with Crippen LogP contribution in [0.5, 0.6) is 5.75 Å². The summed E-state index contributed by atoms with van der Waals surface area (Å²) < 4.78 is 42.7. The zero-order valence-electron chi connectivity index (χ0n) is 12.2. The molecule has 0 aromatic heterocycles. The lowest BCUT2D eigenvalue weighted by Gasteiger charge is -2.66. The first-order chi connectivity index (χ1) is 10.6. The van der Waals surface area contributed by atoms with Crippen molar-refractivity contribution in [1.29, 1.82) is 0 Å². The van der Waals surface area contributed by atoms with Gasteiger partial charge in [-0.2, -0.15) is 13.2 Å². The Kier molecular flexibility index (Phi) is 3.14. The number of anilines is 1. The Bertz CT molecular complexity index is 679. The number of amides is 1. The summed E-state index contributed by atoms with van der Waals surface area (Å²) >= 11 is 0. The van der Waals surface area contributed by atoms with Gasteiger partial charge < -0.3 is 15.2 Å². The van der Waals surface area contributed by atoms with Crippen molar-refractivity contribution in [1.82, 2.24) is 0 Å². The summed E-state index contributed by atoms with van der Waals surface area (Å²) in [6.07, 6.45) is -3.62. The Balaban J connectivity index is 1.72. The summed E-state index contributed by atoms with van der Waals surface area (Å²) in [5.74, 6) is -1.30. The normalized spacial score (nSPS) is 28.3. The molecule has 0 radical (unpaired) electrons. The SMILES string of the molecule is COC(=O)C12CC(C(=O)Nc3cc(C(F)(F)F)ccc3O)(C1)C2. The van der Waals surface area contributed by atoms with E-state index < -0.39 is 34.2 Å². The number of rotatable bonds is 3. The number of phenols is 1. The fourth-order valence-corrected chi connectivity index (χ4v) is 3.53. The van der Waals surface area contributed by atoms with Crippen LogP contribution in [0.4, 0.5) is 18.9 Å². The molecule has 0 heterocycles. The lowest BCUT2D eigenvalue weighted by Crippen LogP contribution is -2.69. The van der Waals surface area contributed by atoms with Crippen LogP contribution in [0.3, 0.4) is 0 Å². The average Bonchev–Trinajstić information content (AvgIpc) is 2.36. The van der Waals surface area contributed by atoms with Crippen molar-refractivity contribution in [3.8, 4) is 5.75 Å². The van der Waals surface area contributed by atoms with Gasteiger partial charge in [0, 0.05) is 0 Å². The number of carbonyl (C=O) groups is 2. The zero-order chi connectivity index (χ0) is 17.0. The number of halogens is 3. The molecule has 0 saturated heterocycles. The number of carbonyl (C=O) groups excluding carboxylic acids is 2. The Labute approximate surface area is 129 Å². The van der Waals surface area contributed by atoms with Crippen molar-refractivity contribution < 1.29 is 32.6 Å². The van der Waals surface area contributed by atoms with Gasteiger partial charge in [0.25, 0.3) is 0 Å². The molecule has 124 valence electrons. The lowest BCUT2D eigenvalue weighted by atomic mass is 9.35. The topological polar surface area (TPSA) is 75.6 Å². The third-order valence-electron chi connectivity index (χ3n) is 4.70. The van der Waals surface area contributed by atoms with Gasteiger partial charge >= 0.3 is 12.1 Å². The van der Waals surface area contributed by atoms with Gasteiger partial charge in [0.15, 0.2) is 0 Å². The molecule has 2 N–H and O–H groups in total. The van der Waals surface area contributed by atoms with E-state index in [-0.39, 0.29) is 11.7 Å². The van der Waals surface area contributed by atoms with E-state index in [0.717, 1.165) is 12.1 Å². The molecular weight excluding hydrogens is 315 g/mol. The number of nitrogens with one attached hydrogen (secondary N) is 1. The number of hydrogen-bond donors (Lipinski definition) is 2. The Morgan fingerprint density at radius 1 is 1.22 bits per heavy atom. The van der Waals surface area contributed by atoms with E-state index in [1.54, 1.807) is 0 Å². The van der Waals surface area contributed by atoms with Crippen LogP contribution >= 0.6 is 0 Å². The molecule has 5 nitrogen and oxygen atoms in total. The number of phenolic OH excluding ortho intramolecular Hbond substituents is 1. The van der Waals surface area contributed by atoms with E-state index in [1.807, 2.05) is 0 Å². The molecule has 0 atom stereocenters. The second-order valence-electron chi connectivity index (χ2n) is 6.27. The molecule has 3 aliphatic carbocycles. The molecule has 2 bridgehead atoms. The predicted octanol–water partition coefficient (Wildman–Crippen LogP) is 2.69. The summed E-state index contributed by atoms with van der Waals surface area (Å²) in [7, 11) is 1.27. The van der Waals surface area contributed by atoms with E-state index in [1.165, 1.54) is 7.11 Å². The summed E-state index contributed by atoms with van der Waals surface area (Å²) in [5, 5.41) is 12.0. The van der Waals surface area contributed by atoms with Crippen LogP contribution in [0.15, 0.2) is 18.2 Å². The number of methoxy groups -OCH3 is 1. The number of ether oxygens (including phenoxy) is 1. The second-order valence-corrected chi connectivity index (χ2v) is 6.27. The van der Waals surface area contributed by atoms with Crippen LogP contribution in [0.1, 0.15) is 24.8 Å². The molecule has 3 aliphatic rings. The molecule has 1 amide bonds. The van der Waals surface area contributed by atoms with Crippen LogP contribution in [0.25, 0.3) is 0 Å². The predicted molar refractivity (Wildman–Crippen MR) is 72.5 cm³/mol. The number of benzene rings is 1. The highest BCUT2D eigenvalue weighted by molar-refractivity contribution is 6.02. The standard InChI is InChI=1S/C15H14F3NO4/c1-23-12(22)14-5-13(6-14,7-14)11(21)19-9-4-8(15(16,17)18)2-3-10(9)20/h2-4,20H,5-7H2,1H3,(H,19,21). The van der Waals surface area contributed by atoms with E-state index in [2.05, 4.69) is 10.1 Å². The van der Waals surface area contributed by atoms with Crippen molar-refractivity contribution in [2.45, 2.75) is 25.4 Å².